The highest BCUT2D eigenvalue weighted by atomic mass is 35.5. The third-order valence-corrected chi connectivity index (χ3v) is 7.45. The Labute approximate surface area is 185 Å². The molecule has 4 rings (SSSR count). The Kier molecular flexibility index (Phi) is 6.18. The van der Waals surface area contributed by atoms with E-state index in [9.17, 15) is 8.42 Å². The van der Waals surface area contributed by atoms with Crippen LogP contribution in [0.4, 0.5) is 0 Å². The van der Waals surface area contributed by atoms with Crippen LogP contribution in [0.15, 0.2) is 47.4 Å². The van der Waals surface area contributed by atoms with Gasteiger partial charge in [-0.05, 0) is 48.9 Å². The van der Waals surface area contributed by atoms with Crippen LogP contribution in [0.3, 0.4) is 0 Å². The lowest BCUT2D eigenvalue weighted by molar-refractivity contribution is 0.0730. The zero-order valence-electron chi connectivity index (χ0n) is 16.4. The molecule has 30 heavy (non-hydrogen) atoms. The van der Waals surface area contributed by atoms with Crippen molar-refractivity contribution >= 4 is 55.4 Å². The highest BCUT2D eigenvalue weighted by Gasteiger charge is 2.27. The number of nitrogens with zero attached hydrogens (tertiary/aromatic N) is 3. The lowest BCUT2D eigenvalue weighted by atomic mass is 10.2. The summed E-state index contributed by atoms with van der Waals surface area (Å²) < 4.78 is 34.6. The number of rotatable bonds is 5. The first-order valence-electron chi connectivity index (χ1n) is 9.61. The molecule has 0 amide bonds. The summed E-state index contributed by atoms with van der Waals surface area (Å²) in [4.78, 5) is 4.87. The van der Waals surface area contributed by atoms with Crippen LogP contribution in [0.25, 0.3) is 22.1 Å². The van der Waals surface area contributed by atoms with Crippen LogP contribution in [0.2, 0.25) is 5.02 Å². The predicted molar refractivity (Wildman–Crippen MR) is 120 cm³/mol. The Bertz CT molecular complexity index is 1200. The molecule has 0 saturated carbocycles. The summed E-state index contributed by atoms with van der Waals surface area (Å²) in [5, 5.41) is 1.12. The molecule has 3 aromatic rings. The number of halogens is 2. The van der Waals surface area contributed by atoms with Crippen molar-refractivity contribution in [3.8, 4) is 0 Å². The Morgan fingerprint density at radius 1 is 1.17 bits per heavy atom. The molecule has 158 valence electrons. The summed E-state index contributed by atoms with van der Waals surface area (Å²) in [6.45, 7) is 4.15. The zero-order chi connectivity index (χ0) is 21.3. The van der Waals surface area contributed by atoms with E-state index in [2.05, 4.69) is 4.98 Å². The van der Waals surface area contributed by atoms with E-state index in [4.69, 9.17) is 27.9 Å². The first-order chi connectivity index (χ1) is 14.4. The van der Waals surface area contributed by atoms with E-state index in [1.54, 1.807) is 30.3 Å². The Balaban J connectivity index is 1.74. The third-order valence-electron chi connectivity index (χ3n) is 5.02. The normalized spacial score (nSPS) is 16.3. The topological polar surface area (TPSA) is 64.4 Å². The highest BCUT2D eigenvalue weighted by Crippen LogP contribution is 2.29. The zero-order valence-corrected chi connectivity index (χ0v) is 18.7. The number of sulfonamides is 1. The van der Waals surface area contributed by atoms with Gasteiger partial charge in [-0.15, -0.1) is 0 Å². The van der Waals surface area contributed by atoms with Gasteiger partial charge in [-0.1, -0.05) is 35.3 Å². The molecule has 0 atom stereocenters. The van der Waals surface area contributed by atoms with Crippen LogP contribution in [0.5, 0.6) is 0 Å². The van der Waals surface area contributed by atoms with Gasteiger partial charge in [0.1, 0.15) is 0 Å². The van der Waals surface area contributed by atoms with Crippen molar-refractivity contribution in [3.05, 3.63) is 58.9 Å². The van der Waals surface area contributed by atoms with Crippen molar-refractivity contribution in [2.75, 3.05) is 26.3 Å². The lowest BCUT2D eigenvalue weighted by Crippen LogP contribution is -2.40. The summed E-state index contributed by atoms with van der Waals surface area (Å²) >= 11 is 12.5. The van der Waals surface area contributed by atoms with Crippen molar-refractivity contribution in [1.29, 1.82) is 0 Å². The number of hydrogen-bond donors (Lipinski definition) is 0. The lowest BCUT2D eigenvalue weighted by Gasteiger charge is -2.26. The van der Waals surface area contributed by atoms with E-state index in [0.29, 0.717) is 54.2 Å². The van der Waals surface area contributed by atoms with Crippen LogP contribution < -0.4 is 0 Å². The van der Waals surface area contributed by atoms with Crippen LogP contribution in [0, 0.1) is 0 Å². The summed E-state index contributed by atoms with van der Waals surface area (Å²) in [6.07, 6.45) is 1.82. The molecule has 1 aromatic heterocycles. The molecular weight excluding hydrogens is 445 g/mol. The van der Waals surface area contributed by atoms with Gasteiger partial charge < -0.3 is 9.30 Å². The fraction of sp³-hybridized carbons (Fsp3) is 0.286. The van der Waals surface area contributed by atoms with E-state index in [0.717, 1.165) is 11.1 Å². The van der Waals surface area contributed by atoms with E-state index >= 15 is 0 Å². The molecule has 2 heterocycles. The second kappa shape index (κ2) is 8.69. The average Bonchev–Trinajstić information content (AvgIpc) is 3.14. The fourth-order valence-electron chi connectivity index (χ4n) is 3.48. The summed E-state index contributed by atoms with van der Waals surface area (Å²) in [5.41, 5.74) is 2.31. The number of hydrogen-bond acceptors (Lipinski definition) is 4. The van der Waals surface area contributed by atoms with Crippen LogP contribution in [-0.2, 0) is 21.3 Å². The van der Waals surface area contributed by atoms with E-state index in [1.807, 2.05) is 29.7 Å². The molecule has 6 nitrogen and oxygen atoms in total. The van der Waals surface area contributed by atoms with Crippen LogP contribution in [-0.4, -0.2) is 48.6 Å². The van der Waals surface area contributed by atoms with Gasteiger partial charge in [0.05, 0.1) is 34.2 Å². The second-order valence-corrected chi connectivity index (χ2v) is 9.67. The molecular formula is C21H21Cl2N3O3S. The molecule has 0 spiro atoms. The molecule has 0 unspecified atom stereocenters. The summed E-state index contributed by atoms with van der Waals surface area (Å²) in [7, 11) is -3.59. The van der Waals surface area contributed by atoms with E-state index < -0.39 is 10.0 Å². The summed E-state index contributed by atoms with van der Waals surface area (Å²) in [6, 6.07) is 12.4. The molecule has 0 N–H and O–H groups in total. The number of aromatic nitrogens is 2. The van der Waals surface area contributed by atoms with Crippen molar-refractivity contribution in [2.45, 2.75) is 18.4 Å². The maximum Gasteiger partial charge on any atom is 0.243 e. The number of aryl methyl sites for hydroxylation is 1. The molecule has 1 fully saturated rings. The molecule has 1 aliphatic rings. The smallest absolute Gasteiger partial charge is 0.243 e. The first kappa shape index (κ1) is 21.3. The Morgan fingerprint density at radius 3 is 2.53 bits per heavy atom. The average molecular weight is 466 g/mol. The maximum absolute atomic E-state index is 13.0. The molecule has 1 saturated heterocycles. The Hall–Kier alpha value is -1.90. The molecule has 0 bridgehead atoms. The molecule has 0 radical (unpaired) electrons. The standard InChI is InChI=1S/C21H21Cl2N3O3S/c1-2-26-20-8-7-17(30(27,28)25-9-11-29-12-10-25)14-19(20)24-21(26)18(23)13-15-3-5-16(22)6-4-15/h3-8,13-14H,2,9-12H2,1H3/b18-13-. The number of morpholine rings is 1. The number of fused-ring (bicyclic) bond motifs is 1. The minimum absolute atomic E-state index is 0.224. The van der Waals surface area contributed by atoms with Gasteiger partial charge in [0.25, 0.3) is 0 Å². The van der Waals surface area contributed by atoms with Gasteiger partial charge in [0.2, 0.25) is 10.0 Å². The van der Waals surface area contributed by atoms with Crippen molar-refractivity contribution in [2.24, 2.45) is 0 Å². The minimum atomic E-state index is -3.59. The third kappa shape index (κ3) is 4.13. The monoisotopic (exact) mass is 465 g/mol. The van der Waals surface area contributed by atoms with Gasteiger partial charge in [-0.2, -0.15) is 4.31 Å². The quantitative estimate of drug-likeness (QED) is 0.557. The largest absolute Gasteiger partial charge is 0.379 e. The van der Waals surface area contributed by atoms with E-state index in [1.165, 1.54) is 4.31 Å². The van der Waals surface area contributed by atoms with E-state index in [-0.39, 0.29) is 4.90 Å². The summed E-state index contributed by atoms with van der Waals surface area (Å²) in [5.74, 6) is 0.588. The number of benzene rings is 2. The minimum Gasteiger partial charge on any atom is -0.379 e. The number of imidazole rings is 1. The van der Waals surface area contributed by atoms with Gasteiger partial charge in [0.15, 0.2) is 5.82 Å². The highest BCUT2D eigenvalue weighted by molar-refractivity contribution is 7.89. The SMILES string of the molecule is CCn1c(/C(Cl)=C/c2ccc(Cl)cc2)nc2cc(S(=O)(=O)N3CCOCC3)ccc21. The van der Waals surface area contributed by atoms with Crippen molar-refractivity contribution in [3.63, 3.8) is 0 Å². The predicted octanol–water partition coefficient (Wildman–Crippen LogP) is 4.47. The molecule has 0 aliphatic carbocycles. The fourth-order valence-corrected chi connectivity index (χ4v) is 5.30. The van der Waals surface area contributed by atoms with Gasteiger partial charge in [0, 0.05) is 24.7 Å². The maximum atomic E-state index is 13.0. The van der Waals surface area contributed by atoms with Crippen molar-refractivity contribution in [1.82, 2.24) is 13.9 Å². The van der Waals surface area contributed by atoms with Gasteiger partial charge >= 0.3 is 0 Å². The molecule has 1 aliphatic heterocycles. The second-order valence-electron chi connectivity index (χ2n) is 6.89. The number of ether oxygens (including phenoxy) is 1. The van der Waals surface area contributed by atoms with Crippen LogP contribution in [0.1, 0.15) is 18.3 Å². The first-order valence-corrected chi connectivity index (χ1v) is 11.8. The van der Waals surface area contributed by atoms with Gasteiger partial charge in [-0.3, -0.25) is 0 Å². The molecule has 2 aromatic carbocycles. The Morgan fingerprint density at radius 2 is 1.87 bits per heavy atom. The van der Waals surface area contributed by atoms with Gasteiger partial charge in [-0.25, -0.2) is 13.4 Å². The van der Waals surface area contributed by atoms with Crippen molar-refractivity contribution < 1.29 is 13.2 Å². The molecule has 9 heteroatoms. The van der Waals surface area contributed by atoms with Crippen LogP contribution >= 0.6 is 23.2 Å².